The normalized spacial score (nSPS) is 12.6. The summed E-state index contributed by atoms with van der Waals surface area (Å²) in [6, 6.07) is 6.78. The third kappa shape index (κ3) is 6.50. The van der Waals surface area contributed by atoms with E-state index in [1.54, 1.807) is 13.0 Å². The summed E-state index contributed by atoms with van der Waals surface area (Å²) in [4.78, 5) is 21.1. The summed E-state index contributed by atoms with van der Waals surface area (Å²) >= 11 is 2.42. The number of esters is 1. The van der Waals surface area contributed by atoms with Gasteiger partial charge in [-0.25, -0.2) is 9.97 Å². The molecule has 0 spiro atoms. The van der Waals surface area contributed by atoms with Crippen LogP contribution in [0.1, 0.15) is 43.0 Å². The number of ether oxygens (including phenoxy) is 1. The number of aryl methyl sites for hydroxylation is 2. The summed E-state index contributed by atoms with van der Waals surface area (Å²) in [5.74, 6) is 0.268. The summed E-state index contributed by atoms with van der Waals surface area (Å²) in [5.41, 5.74) is 1.08. The highest BCUT2D eigenvalue weighted by Crippen LogP contribution is 2.34. The van der Waals surface area contributed by atoms with E-state index in [0.717, 1.165) is 35.3 Å². The largest absolute Gasteiger partial charge is 0.465 e. The van der Waals surface area contributed by atoms with Crippen molar-refractivity contribution in [2.45, 2.75) is 61.6 Å². The summed E-state index contributed by atoms with van der Waals surface area (Å²) < 4.78 is 46.8. The van der Waals surface area contributed by atoms with Crippen LogP contribution in [0.3, 0.4) is 0 Å². The molecule has 1 atom stereocenters. The highest BCUT2D eigenvalue weighted by atomic mass is 32.2. The van der Waals surface area contributed by atoms with Crippen LogP contribution in [0, 0.1) is 13.8 Å². The van der Waals surface area contributed by atoms with Crippen molar-refractivity contribution < 1.29 is 22.7 Å². The molecule has 0 unspecified atom stereocenters. The fourth-order valence-corrected chi connectivity index (χ4v) is 4.95. The number of halogens is 3. The van der Waals surface area contributed by atoms with Crippen LogP contribution in [-0.4, -0.2) is 42.6 Å². The Labute approximate surface area is 203 Å². The number of hydrogen-bond acceptors (Lipinski definition) is 8. The van der Waals surface area contributed by atoms with Gasteiger partial charge in [-0.15, -0.1) is 10.2 Å². The van der Waals surface area contributed by atoms with E-state index in [4.69, 9.17) is 4.74 Å². The smallest absolute Gasteiger partial charge is 0.416 e. The maximum atomic E-state index is 13.4. The summed E-state index contributed by atoms with van der Waals surface area (Å²) in [5, 5.41) is 8.67. The lowest BCUT2D eigenvalue weighted by Gasteiger charge is -2.16. The zero-order chi connectivity index (χ0) is 24.9. The molecule has 12 heteroatoms. The number of carbonyl (C=O) groups is 1. The number of thioether (sulfide) groups is 2. The van der Waals surface area contributed by atoms with Gasteiger partial charge in [-0.1, -0.05) is 36.5 Å². The molecule has 0 fully saturated rings. The number of hydrogen-bond donors (Lipinski definition) is 0. The molecule has 0 bridgehead atoms. The van der Waals surface area contributed by atoms with Crippen molar-refractivity contribution in [3.05, 3.63) is 53.1 Å². The summed E-state index contributed by atoms with van der Waals surface area (Å²) in [6.07, 6.45) is -4.05. The average Bonchev–Trinajstić information content (AvgIpc) is 3.17. The zero-order valence-electron chi connectivity index (χ0n) is 19.1. The molecule has 0 saturated carbocycles. The first-order chi connectivity index (χ1) is 16.1. The molecule has 2 heterocycles. The Balaban J connectivity index is 2.00. The molecule has 0 aliphatic rings. The Morgan fingerprint density at radius 3 is 2.44 bits per heavy atom. The van der Waals surface area contributed by atoms with Crippen molar-refractivity contribution in [3.63, 3.8) is 0 Å². The first kappa shape index (κ1) is 26.0. The Morgan fingerprint density at radius 2 is 1.82 bits per heavy atom. The van der Waals surface area contributed by atoms with Crippen molar-refractivity contribution in [2.24, 2.45) is 0 Å². The lowest BCUT2D eigenvalue weighted by molar-refractivity contribution is -0.142. The molecule has 2 aromatic heterocycles. The lowest BCUT2D eigenvalue weighted by Crippen LogP contribution is -2.20. The maximum Gasteiger partial charge on any atom is 0.416 e. The second-order valence-corrected chi connectivity index (χ2v) is 9.38. The predicted octanol–water partition coefficient (Wildman–Crippen LogP) is 5.42. The molecular weight excluding hydrogens is 487 g/mol. The number of benzene rings is 1. The lowest BCUT2D eigenvalue weighted by atomic mass is 10.2. The van der Waals surface area contributed by atoms with E-state index in [9.17, 15) is 18.0 Å². The van der Waals surface area contributed by atoms with Crippen LogP contribution < -0.4 is 0 Å². The molecule has 34 heavy (non-hydrogen) atoms. The molecule has 0 amide bonds. The van der Waals surface area contributed by atoms with Crippen LogP contribution in [0.4, 0.5) is 13.2 Å². The van der Waals surface area contributed by atoms with Crippen molar-refractivity contribution >= 4 is 29.5 Å². The second-order valence-electron chi connectivity index (χ2n) is 7.27. The summed E-state index contributed by atoms with van der Waals surface area (Å²) in [7, 11) is 0. The van der Waals surface area contributed by atoms with Crippen LogP contribution in [0.25, 0.3) is 5.69 Å². The summed E-state index contributed by atoms with van der Waals surface area (Å²) in [6.45, 7) is 7.49. The predicted molar refractivity (Wildman–Crippen MR) is 124 cm³/mol. The van der Waals surface area contributed by atoms with Gasteiger partial charge in [-0.2, -0.15) is 13.2 Å². The second kappa shape index (κ2) is 11.2. The van der Waals surface area contributed by atoms with E-state index < -0.39 is 23.0 Å². The van der Waals surface area contributed by atoms with Crippen molar-refractivity contribution in [1.82, 2.24) is 24.7 Å². The third-order valence-electron chi connectivity index (χ3n) is 4.59. The van der Waals surface area contributed by atoms with E-state index in [-0.39, 0.29) is 18.0 Å². The Kier molecular flexibility index (Phi) is 8.58. The molecule has 1 aromatic carbocycles. The number of rotatable bonds is 9. The quantitative estimate of drug-likeness (QED) is 0.214. The van der Waals surface area contributed by atoms with Gasteiger partial charge in [-0.05, 0) is 51.5 Å². The van der Waals surface area contributed by atoms with Crippen LogP contribution in [0.5, 0.6) is 0 Å². The van der Waals surface area contributed by atoms with Crippen LogP contribution >= 0.6 is 23.5 Å². The van der Waals surface area contributed by atoms with Gasteiger partial charge in [0.15, 0.2) is 10.3 Å². The Hall–Kier alpha value is -2.60. The van der Waals surface area contributed by atoms with E-state index in [1.807, 2.05) is 26.8 Å². The maximum absolute atomic E-state index is 13.4. The van der Waals surface area contributed by atoms with Gasteiger partial charge in [-0.3, -0.25) is 9.36 Å². The van der Waals surface area contributed by atoms with E-state index in [0.29, 0.717) is 22.6 Å². The highest BCUT2D eigenvalue weighted by molar-refractivity contribution is 8.00. The van der Waals surface area contributed by atoms with Gasteiger partial charge in [0.2, 0.25) is 0 Å². The Bertz CT molecular complexity index is 1130. The standard InChI is InChI=1S/C22H24F3N5O2S2/c1-5-17(19(31)32-6-2)34-21-29-28-18(12-33-20-26-13(3)10-14(4)27-20)30(21)16-9-7-8-15(11-16)22(23,24)25/h7-11,17H,5-6,12H2,1-4H3/t17-/m1/s1. The average molecular weight is 512 g/mol. The van der Waals surface area contributed by atoms with Gasteiger partial charge >= 0.3 is 12.1 Å². The Morgan fingerprint density at radius 1 is 1.12 bits per heavy atom. The van der Waals surface area contributed by atoms with Gasteiger partial charge < -0.3 is 4.74 Å². The minimum Gasteiger partial charge on any atom is -0.465 e. The highest BCUT2D eigenvalue weighted by Gasteiger charge is 2.31. The molecule has 3 aromatic rings. The zero-order valence-corrected chi connectivity index (χ0v) is 20.7. The number of alkyl halides is 3. The van der Waals surface area contributed by atoms with Gasteiger partial charge in [0.05, 0.1) is 23.6 Å². The first-order valence-corrected chi connectivity index (χ1v) is 12.4. The monoisotopic (exact) mass is 511 g/mol. The topological polar surface area (TPSA) is 82.8 Å². The SMILES string of the molecule is CCOC(=O)[C@@H](CC)Sc1nnc(CSc2nc(C)cc(C)n2)n1-c1cccc(C(F)(F)F)c1. The molecule has 0 aliphatic heterocycles. The third-order valence-corrected chi connectivity index (χ3v) is 6.72. The van der Waals surface area contributed by atoms with Crippen molar-refractivity contribution in [3.8, 4) is 5.69 Å². The van der Waals surface area contributed by atoms with Gasteiger partial charge in [0.25, 0.3) is 0 Å². The van der Waals surface area contributed by atoms with Crippen LogP contribution in [0.2, 0.25) is 0 Å². The van der Waals surface area contributed by atoms with E-state index in [1.165, 1.54) is 22.4 Å². The number of nitrogens with zero attached hydrogens (tertiary/aromatic N) is 5. The van der Waals surface area contributed by atoms with Gasteiger partial charge in [0.1, 0.15) is 11.1 Å². The van der Waals surface area contributed by atoms with Crippen LogP contribution in [0.15, 0.2) is 40.6 Å². The number of carbonyl (C=O) groups excluding carboxylic acids is 1. The minimum atomic E-state index is -4.50. The molecule has 0 N–H and O–H groups in total. The molecule has 7 nitrogen and oxygen atoms in total. The number of aromatic nitrogens is 5. The van der Waals surface area contributed by atoms with Crippen molar-refractivity contribution in [2.75, 3.05) is 6.61 Å². The molecule has 182 valence electrons. The van der Waals surface area contributed by atoms with E-state index >= 15 is 0 Å². The molecule has 0 radical (unpaired) electrons. The van der Waals surface area contributed by atoms with Crippen LogP contribution in [-0.2, 0) is 21.5 Å². The molecule has 0 saturated heterocycles. The molecule has 3 rings (SSSR count). The molecule has 0 aliphatic carbocycles. The molecular formula is C22H24F3N5O2S2. The fourth-order valence-electron chi connectivity index (χ4n) is 3.10. The van der Waals surface area contributed by atoms with E-state index in [2.05, 4.69) is 20.2 Å². The minimum absolute atomic E-state index is 0.230. The first-order valence-electron chi connectivity index (χ1n) is 10.5. The fraction of sp³-hybridized carbons (Fsp3) is 0.409. The van der Waals surface area contributed by atoms with Crippen molar-refractivity contribution in [1.29, 1.82) is 0 Å². The van der Waals surface area contributed by atoms with Gasteiger partial charge in [0, 0.05) is 11.4 Å².